The van der Waals surface area contributed by atoms with Crippen LogP contribution in [0.4, 0.5) is 4.79 Å². The zero-order valence-electron chi connectivity index (χ0n) is 18.1. The molecular formula is C21H24N6O5S. The number of fused-ring (bicyclic) bond motifs is 1. The third kappa shape index (κ3) is 6.64. The van der Waals surface area contributed by atoms with Gasteiger partial charge in [0, 0.05) is 24.6 Å². The molecule has 3 aromatic rings. The fourth-order valence-electron chi connectivity index (χ4n) is 2.97. The van der Waals surface area contributed by atoms with Crippen molar-refractivity contribution in [1.82, 2.24) is 24.6 Å². The van der Waals surface area contributed by atoms with Crippen molar-refractivity contribution in [3.63, 3.8) is 0 Å². The molecule has 0 atom stereocenters. The van der Waals surface area contributed by atoms with Crippen LogP contribution in [0.5, 0.6) is 5.75 Å². The molecule has 1 aliphatic rings. The van der Waals surface area contributed by atoms with Crippen molar-refractivity contribution >= 4 is 21.8 Å². The average molecular weight is 473 g/mol. The second kappa shape index (κ2) is 10.3. The number of hydrogen-bond donors (Lipinski definition) is 3. The van der Waals surface area contributed by atoms with Gasteiger partial charge in [0.1, 0.15) is 0 Å². The molecule has 0 bridgehead atoms. The first-order chi connectivity index (χ1) is 15.7. The highest BCUT2D eigenvalue weighted by Crippen LogP contribution is 2.39. The van der Waals surface area contributed by atoms with Gasteiger partial charge in [0.15, 0.2) is 17.2 Å². The number of nitriles is 1. The van der Waals surface area contributed by atoms with Crippen LogP contribution in [0.25, 0.3) is 16.9 Å². The number of aromatic nitrogens is 3. The number of amides is 1. The zero-order valence-corrected chi connectivity index (χ0v) is 19.0. The van der Waals surface area contributed by atoms with E-state index in [1.165, 1.54) is 0 Å². The highest BCUT2D eigenvalue weighted by atomic mass is 32.2. The van der Waals surface area contributed by atoms with Gasteiger partial charge in [-0.1, -0.05) is 12.1 Å². The maximum atomic E-state index is 10.4. The quantitative estimate of drug-likeness (QED) is 0.440. The number of pyridine rings is 1. The first-order valence-corrected chi connectivity index (χ1v) is 12.0. The van der Waals surface area contributed by atoms with E-state index in [1.54, 1.807) is 7.11 Å². The van der Waals surface area contributed by atoms with E-state index in [2.05, 4.69) is 20.9 Å². The summed E-state index contributed by atoms with van der Waals surface area (Å²) in [6.07, 6.45) is 2.16. The number of nitrogens with zero attached hydrogens (tertiary/aromatic N) is 4. The molecule has 1 aromatic carbocycles. The van der Waals surface area contributed by atoms with Gasteiger partial charge < -0.3 is 15.2 Å². The first kappa shape index (κ1) is 24.0. The van der Waals surface area contributed by atoms with Crippen molar-refractivity contribution in [2.75, 3.05) is 26.5 Å². The van der Waals surface area contributed by atoms with Gasteiger partial charge >= 0.3 is 6.09 Å². The molecule has 2 aromatic heterocycles. The lowest BCUT2D eigenvalue weighted by Gasteiger charge is -2.07. The van der Waals surface area contributed by atoms with Crippen LogP contribution in [0, 0.1) is 11.3 Å². The van der Waals surface area contributed by atoms with E-state index in [0.717, 1.165) is 47.6 Å². The minimum atomic E-state index is -3.20. The van der Waals surface area contributed by atoms with E-state index in [4.69, 9.17) is 15.1 Å². The van der Waals surface area contributed by atoms with E-state index in [0.29, 0.717) is 11.5 Å². The summed E-state index contributed by atoms with van der Waals surface area (Å²) < 4.78 is 30.1. The molecule has 0 spiro atoms. The number of rotatable bonds is 7. The molecule has 1 fully saturated rings. The average Bonchev–Trinajstić information content (AvgIpc) is 3.54. The summed E-state index contributed by atoms with van der Waals surface area (Å²) in [6.45, 7) is 0.146. The van der Waals surface area contributed by atoms with Crippen molar-refractivity contribution in [1.29, 1.82) is 5.26 Å². The number of carbonyl (C=O) groups is 1. The summed E-state index contributed by atoms with van der Waals surface area (Å²) in [5, 5.41) is 23.6. The molecular weight excluding hydrogens is 448 g/mol. The van der Waals surface area contributed by atoms with Crippen LogP contribution in [0.15, 0.2) is 36.4 Å². The molecule has 2 heterocycles. The number of carboxylic acid groups (broad SMARTS) is 1. The second-order valence-electron chi connectivity index (χ2n) is 7.35. The Hall–Kier alpha value is -3.69. The third-order valence-corrected chi connectivity index (χ3v) is 5.43. The van der Waals surface area contributed by atoms with Gasteiger partial charge in [-0.15, -0.1) is 0 Å². The standard InChI is InChI=1S/C17H14N4O.C4H10N2O4S/c1-22-15-9-8-14(12-4-2-11(10-18)3-5-12)21-17(15)19-16(20-21)13-6-7-13;1-11(9,10)6-3-2-5-4(7)8/h2-5,8-9,13H,6-7H2,1H3;5-6H,2-3H2,1H3,(H,7,8). The van der Waals surface area contributed by atoms with E-state index in [9.17, 15) is 13.2 Å². The predicted molar refractivity (Wildman–Crippen MR) is 121 cm³/mol. The third-order valence-electron chi connectivity index (χ3n) is 4.70. The smallest absolute Gasteiger partial charge is 0.404 e. The summed E-state index contributed by atoms with van der Waals surface area (Å²) in [4.78, 5) is 14.5. The van der Waals surface area contributed by atoms with Crippen molar-refractivity contribution in [3.05, 3.63) is 47.8 Å². The van der Waals surface area contributed by atoms with E-state index < -0.39 is 16.1 Å². The fourth-order valence-corrected chi connectivity index (χ4v) is 3.44. The maximum absolute atomic E-state index is 10.4. The summed E-state index contributed by atoms with van der Waals surface area (Å²) >= 11 is 0. The highest BCUT2D eigenvalue weighted by Gasteiger charge is 2.29. The SMILES string of the molecule is COc1ccc(-c2ccc(C#N)cc2)n2nc(C3CC3)nc12.CS(=O)(=O)NCCNC(=O)O. The van der Waals surface area contributed by atoms with E-state index in [-0.39, 0.29) is 13.1 Å². The van der Waals surface area contributed by atoms with Crippen LogP contribution >= 0.6 is 0 Å². The van der Waals surface area contributed by atoms with Crippen molar-refractivity contribution in [2.45, 2.75) is 18.8 Å². The molecule has 4 rings (SSSR count). The van der Waals surface area contributed by atoms with Crippen molar-refractivity contribution in [3.8, 4) is 23.1 Å². The van der Waals surface area contributed by atoms with Crippen molar-refractivity contribution in [2.24, 2.45) is 0 Å². The Morgan fingerprint density at radius 3 is 2.48 bits per heavy atom. The Balaban J connectivity index is 0.000000239. The number of methoxy groups -OCH3 is 1. The lowest BCUT2D eigenvalue weighted by molar-refractivity contribution is 0.194. The van der Waals surface area contributed by atoms with Gasteiger partial charge in [0.2, 0.25) is 10.0 Å². The summed E-state index contributed by atoms with van der Waals surface area (Å²) in [5.41, 5.74) is 3.33. The Morgan fingerprint density at radius 1 is 1.24 bits per heavy atom. The van der Waals surface area contributed by atoms with E-state index in [1.807, 2.05) is 46.2 Å². The van der Waals surface area contributed by atoms with Crippen LogP contribution < -0.4 is 14.8 Å². The molecule has 0 radical (unpaired) electrons. The highest BCUT2D eigenvalue weighted by molar-refractivity contribution is 7.88. The molecule has 1 aliphatic carbocycles. The molecule has 3 N–H and O–H groups in total. The van der Waals surface area contributed by atoms with E-state index >= 15 is 0 Å². The molecule has 0 unspecified atom stereocenters. The Bertz CT molecular complexity index is 1280. The molecule has 0 saturated heterocycles. The lowest BCUT2D eigenvalue weighted by atomic mass is 10.1. The van der Waals surface area contributed by atoms with Gasteiger partial charge in [-0.3, -0.25) is 0 Å². The van der Waals surface area contributed by atoms with Gasteiger partial charge in [-0.05, 0) is 37.1 Å². The summed E-state index contributed by atoms with van der Waals surface area (Å²) in [5.74, 6) is 2.09. The molecule has 1 saturated carbocycles. The minimum absolute atomic E-state index is 0.0718. The van der Waals surface area contributed by atoms with Gasteiger partial charge in [0.25, 0.3) is 0 Å². The van der Waals surface area contributed by atoms with Crippen LogP contribution in [-0.4, -0.2) is 60.7 Å². The van der Waals surface area contributed by atoms with Crippen molar-refractivity contribution < 1.29 is 23.1 Å². The Labute approximate surface area is 191 Å². The largest absolute Gasteiger partial charge is 0.493 e. The molecule has 0 aliphatic heterocycles. The molecule has 174 valence electrons. The van der Waals surface area contributed by atoms with Crippen LogP contribution in [0.3, 0.4) is 0 Å². The number of hydrogen-bond acceptors (Lipinski definition) is 7. The van der Waals surface area contributed by atoms with Gasteiger partial charge in [-0.25, -0.2) is 27.4 Å². The number of benzene rings is 1. The zero-order chi connectivity index (χ0) is 24.0. The van der Waals surface area contributed by atoms with Crippen LogP contribution in [-0.2, 0) is 10.0 Å². The predicted octanol–water partition coefficient (Wildman–Crippen LogP) is 1.96. The number of sulfonamides is 1. The fraction of sp³-hybridized carbons (Fsp3) is 0.333. The number of nitrogens with one attached hydrogen (secondary N) is 2. The molecule has 12 heteroatoms. The minimum Gasteiger partial charge on any atom is -0.493 e. The monoisotopic (exact) mass is 472 g/mol. The lowest BCUT2D eigenvalue weighted by Crippen LogP contribution is -2.33. The second-order valence-corrected chi connectivity index (χ2v) is 9.19. The van der Waals surface area contributed by atoms with Gasteiger partial charge in [0.05, 0.1) is 30.7 Å². The normalized spacial score (nSPS) is 13.0. The van der Waals surface area contributed by atoms with Crippen LogP contribution in [0.1, 0.15) is 30.1 Å². The molecule has 11 nitrogen and oxygen atoms in total. The Morgan fingerprint density at radius 2 is 1.94 bits per heavy atom. The topological polar surface area (TPSA) is 159 Å². The van der Waals surface area contributed by atoms with Gasteiger partial charge in [-0.2, -0.15) is 10.4 Å². The summed E-state index contributed by atoms with van der Waals surface area (Å²) in [7, 11) is -1.56. The number of ether oxygens (including phenoxy) is 1. The molecule has 1 amide bonds. The molecule has 33 heavy (non-hydrogen) atoms. The maximum Gasteiger partial charge on any atom is 0.404 e. The summed E-state index contributed by atoms with van der Waals surface area (Å²) in [6, 6.07) is 13.5. The van der Waals surface area contributed by atoms with Crippen LogP contribution in [0.2, 0.25) is 0 Å². The first-order valence-electron chi connectivity index (χ1n) is 10.1. The Kier molecular flexibility index (Phi) is 7.47.